The lowest BCUT2D eigenvalue weighted by atomic mass is 10.1. The maximum atomic E-state index is 10.5. The molecule has 0 saturated carbocycles. The summed E-state index contributed by atoms with van der Waals surface area (Å²) >= 11 is 0. The Bertz CT molecular complexity index is 336. The van der Waals surface area contributed by atoms with Gasteiger partial charge in [0.15, 0.2) is 0 Å². The smallest absolute Gasteiger partial charge is 0.311 e. The topological polar surface area (TPSA) is 82.0 Å². The van der Waals surface area contributed by atoms with Gasteiger partial charge in [-0.3, -0.25) is 10.1 Å². The molecule has 0 atom stereocenters. The van der Waals surface area contributed by atoms with Gasteiger partial charge in [0.1, 0.15) is 0 Å². The largest absolute Gasteiger partial charge is 0.378 e. The summed E-state index contributed by atoms with van der Waals surface area (Å²) in [6.07, 6.45) is 1.56. The highest BCUT2D eigenvalue weighted by Gasteiger charge is 2.14. The number of aromatic nitrogens is 1. The Morgan fingerprint density at radius 1 is 1.62 bits per heavy atom. The predicted molar refractivity (Wildman–Crippen MR) is 49.4 cm³/mol. The second kappa shape index (κ2) is 3.38. The third-order valence-electron chi connectivity index (χ3n) is 1.78. The van der Waals surface area contributed by atoms with Crippen LogP contribution >= 0.6 is 0 Å². The number of nitrogens with two attached hydrogens (primary N) is 1. The highest BCUT2D eigenvalue weighted by Crippen LogP contribution is 2.23. The van der Waals surface area contributed by atoms with Crippen LogP contribution in [0.4, 0.5) is 11.5 Å². The van der Waals surface area contributed by atoms with Gasteiger partial charge in [-0.25, -0.2) is 4.98 Å². The van der Waals surface area contributed by atoms with E-state index in [9.17, 15) is 10.1 Å². The van der Waals surface area contributed by atoms with Crippen molar-refractivity contribution < 1.29 is 4.92 Å². The van der Waals surface area contributed by atoms with E-state index in [1.807, 2.05) is 13.8 Å². The molecule has 70 valence electrons. The molecule has 0 saturated heterocycles. The first-order valence-corrected chi connectivity index (χ1v) is 3.92. The van der Waals surface area contributed by atoms with Gasteiger partial charge in [0.2, 0.25) is 5.82 Å². The fraction of sp³-hybridized carbons (Fsp3) is 0.375. The van der Waals surface area contributed by atoms with Gasteiger partial charge in [-0.05, 0) is 11.5 Å². The van der Waals surface area contributed by atoms with Gasteiger partial charge in [0, 0.05) is 12.3 Å². The quantitative estimate of drug-likeness (QED) is 0.556. The van der Waals surface area contributed by atoms with Crippen LogP contribution in [0.2, 0.25) is 0 Å². The van der Waals surface area contributed by atoms with Crippen LogP contribution in [0.25, 0.3) is 0 Å². The maximum absolute atomic E-state index is 10.5. The molecule has 1 heterocycles. The summed E-state index contributed by atoms with van der Waals surface area (Å²) in [6, 6.07) is 1.47. The molecule has 5 heteroatoms. The molecule has 0 unspecified atom stereocenters. The normalized spacial score (nSPS) is 10.4. The zero-order chi connectivity index (χ0) is 10.0. The summed E-state index contributed by atoms with van der Waals surface area (Å²) in [7, 11) is 0. The fourth-order valence-corrected chi connectivity index (χ4v) is 0.941. The Kier molecular flexibility index (Phi) is 2.46. The van der Waals surface area contributed by atoms with Crippen molar-refractivity contribution in [3.05, 3.63) is 27.9 Å². The van der Waals surface area contributed by atoms with E-state index in [1.54, 1.807) is 6.20 Å². The van der Waals surface area contributed by atoms with Gasteiger partial charge in [0.25, 0.3) is 0 Å². The molecular formula is C8H11N3O2. The second-order valence-corrected chi connectivity index (χ2v) is 3.08. The SMILES string of the molecule is CC(C)c1cnc(N)c([N+](=O)[O-])c1. The third-order valence-corrected chi connectivity index (χ3v) is 1.78. The average molecular weight is 181 g/mol. The zero-order valence-electron chi connectivity index (χ0n) is 7.52. The molecule has 1 rings (SSSR count). The van der Waals surface area contributed by atoms with Crippen LogP contribution in [0.15, 0.2) is 12.3 Å². The lowest BCUT2D eigenvalue weighted by Gasteiger charge is -2.04. The molecule has 1 aromatic heterocycles. The minimum Gasteiger partial charge on any atom is -0.378 e. The van der Waals surface area contributed by atoms with Gasteiger partial charge in [-0.2, -0.15) is 0 Å². The van der Waals surface area contributed by atoms with Crippen LogP contribution in [0.3, 0.4) is 0 Å². The van der Waals surface area contributed by atoms with Crippen LogP contribution in [0, 0.1) is 10.1 Å². The van der Waals surface area contributed by atoms with E-state index in [2.05, 4.69) is 4.98 Å². The number of hydrogen-bond acceptors (Lipinski definition) is 4. The van der Waals surface area contributed by atoms with Gasteiger partial charge < -0.3 is 5.73 Å². The molecule has 0 fully saturated rings. The Labute approximate surface area is 75.7 Å². The monoisotopic (exact) mass is 181 g/mol. The number of rotatable bonds is 2. The van der Waals surface area contributed by atoms with Crippen molar-refractivity contribution in [3.63, 3.8) is 0 Å². The van der Waals surface area contributed by atoms with Crippen molar-refractivity contribution in [2.24, 2.45) is 0 Å². The Morgan fingerprint density at radius 2 is 2.23 bits per heavy atom. The minimum atomic E-state index is -0.520. The number of hydrogen-bond donors (Lipinski definition) is 1. The van der Waals surface area contributed by atoms with Crippen LogP contribution in [0.1, 0.15) is 25.3 Å². The van der Waals surface area contributed by atoms with Crippen molar-refractivity contribution in [1.82, 2.24) is 4.98 Å². The van der Waals surface area contributed by atoms with Crippen LogP contribution < -0.4 is 5.73 Å². The average Bonchev–Trinajstić information content (AvgIpc) is 2.04. The number of nitro groups is 1. The molecule has 0 spiro atoms. The summed E-state index contributed by atoms with van der Waals surface area (Å²) in [4.78, 5) is 13.7. The van der Waals surface area contributed by atoms with Crippen molar-refractivity contribution >= 4 is 11.5 Å². The Hall–Kier alpha value is -1.65. The van der Waals surface area contributed by atoms with Gasteiger partial charge in [0.05, 0.1) is 4.92 Å². The maximum Gasteiger partial charge on any atom is 0.311 e. The molecule has 0 aliphatic carbocycles. The van der Waals surface area contributed by atoms with E-state index in [-0.39, 0.29) is 17.4 Å². The fourth-order valence-electron chi connectivity index (χ4n) is 0.941. The van der Waals surface area contributed by atoms with Crippen molar-refractivity contribution in [2.45, 2.75) is 19.8 Å². The number of anilines is 1. The first-order valence-electron chi connectivity index (χ1n) is 3.92. The van der Waals surface area contributed by atoms with Gasteiger partial charge in [-0.15, -0.1) is 0 Å². The van der Waals surface area contributed by atoms with E-state index in [0.717, 1.165) is 5.56 Å². The standard InChI is InChI=1S/C8H11N3O2/c1-5(2)6-3-7(11(12)13)8(9)10-4-6/h3-5H,1-2H3,(H2,9,10). The first-order chi connectivity index (χ1) is 6.02. The molecule has 0 bridgehead atoms. The number of pyridine rings is 1. The van der Waals surface area contributed by atoms with E-state index < -0.39 is 4.92 Å². The summed E-state index contributed by atoms with van der Waals surface area (Å²) in [5, 5.41) is 10.5. The van der Waals surface area contributed by atoms with E-state index >= 15 is 0 Å². The minimum absolute atomic E-state index is 0.0330. The molecule has 0 amide bonds. The molecule has 0 aliphatic heterocycles. The Morgan fingerprint density at radius 3 is 2.69 bits per heavy atom. The van der Waals surface area contributed by atoms with Crippen LogP contribution in [-0.4, -0.2) is 9.91 Å². The molecule has 2 N–H and O–H groups in total. The number of nitrogens with zero attached hydrogens (tertiary/aromatic N) is 2. The molecular weight excluding hydrogens is 170 g/mol. The predicted octanol–water partition coefficient (Wildman–Crippen LogP) is 1.70. The molecule has 0 aliphatic rings. The molecule has 0 radical (unpaired) electrons. The van der Waals surface area contributed by atoms with Gasteiger partial charge in [-0.1, -0.05) is 13.8 Å². The van der Waals surface area contributed by atoms with Crippen molar-refractivity contribution in [1.29, 1.82) is 0 Å². The van der Waals surface area contributed by atoms with Gasteiger partial charge >= 0.3 is 5.69 Å². The highest BCUT2D eigenvalue weighted by molar-refractivity contribution is 5.53. The van der Waals surface area contributed by atoms with Crippen molar-refractivity contribution in [2.75, 3.05) is 5.73 Å². The molecule has 5 nitrogen and oxygen atoms in total. The summed E-state index contributed by atoms with van der Waals surface area (Å²) in [5.41, 5.74) is 6.04. The van der Waals surface area contributed by atoms with E-state index in [4.69, 9.17) is 5.73 Å². The molecule has 1 aromatic rings. The molecule has 13 heavy (non-hydrogen) atoms. The second-order valence-electron chi connectivity index (χ2n) is 3.08. The van der Waals surface area contributed by atoms with E-state index in [1.165, 1.54) is 6.07 Å². The van der Waals surface area contributed by atoms with E-state index in [0.29, 0.717) is 0 Å². The van der Waals surface area contributed by atoms with Crippen LogP contribution in [-0.2, 0) is 0 Å². The zero-order valence-corrected chi connectivity index (χ0v) is 7.52. The molecule has 0 aromatic carbocycles. The Balaban J connectivity index is 3.19. The highest BCUT2D eigenvalue weighted by atomic mass is 16.6. The van der Waals surface area contributed by atoms with Crippen molar-refractivity contribution in [3.8, 4) is 0 Å². The first kappa shape index (κ1) is 9.44. The summed E-state index contributed by atoms with van der Waals surface area (Å²) in [5.74, 6) is 0.182. The lowest BCUT2D eigenvalue weighted by Crippen LogP contribution is -2.00. The summed E-state index contributed by atoms with van der Waals surface area (Å²) < 4.78 is 0. The van der Waals surface area contributed by atoms with Crippen LogP contribution in [0.5, 0.6) is 0 Å². The third kappa shape index (κ3) is 1.93. The number of nitrogen functional groups attached to an aromatic ring is 1. The summed E-state index contributed by atoms with van der Waals surface area (Å²) in [6.45, 7) is 3.88. The lowest BCUT2D eigenvalue weighted by molar-refractivity contribution is -0.384.